The molecule has 0 bridgehead atoms. The topological polar surface area (TPSA) is 42.2 Å². The molecule has 3 aromatic rings. The monoisotopic (exact) mass is 455 g/mol. The zero-order chi connectivity index (χ0) is 22.3. The second kappa shape index (κ2) is 8.37. The Bertz CT molecular complexity index is 1150. The normalized spacial score (nSPS) is 16.2. The van der Waals surface area contributed by atoms with Crippen molar-refractivity contribution in [3.63, 3.8) is 0 Å². The van der Waals surface area contributed by atoms with E-state index in [0.717, 1.165) is 42.6 Å². The number of aromatic nitrogens is 1. The van der Waals surface area contributed by atoms with Crippen molar-refractivity contribution in [2.24, 2.45) is 11.3 Å². The molecule has 4 rings (SSSR count). The molecule has 0 aliphatic heterocycles. The zero-order valence-electron chi connectivity index (χ0n) is 18.1. The minimum absolute atomic E-state index is 0.279. The molecular weight excluding hydrogens is 429 g/mol. The number of rotatable bonds is 5. The maximum atomic E-state index is 11.6. The van der Waals surface area contributed by atoms with Crippen LogP contribution in [0.1, 0.15) is 55.2 Å². The lowest BCUT2D eigenvalue weighted by Crippen LogP contribution is -2.29. The summed E-state index contributed by atoms with van der Waals surface area (Å²) < 4.78 is 2.20. The molecule has 1 N–H and O–H groups in total. The van der Waals surface area contributed by atoms with E-state index in [2.05, 4.69) is 31.4 Å². The van der Waals surface area contributed by atoms with E-state index in [1.54, 1.807) is 18.2 Å². The van der Waals surface area contributed by atoms with Gasteiger partial charge in [-0.2, -0.15) is 0 Å². The van der Waals surface area contributed by atoms with E-state index < -0.39 is 5.97 Å². The Morgan fingerprint density at radius 3 is 2.58 bits per heavy atom. The summed E-state index contributed by atoms with van der Waals surface area (Å²) in [6.45, 7) is 6.98. The molecule has 0 saturated heterocycles. The van der Waals surface area contributed by atoms with Crippen molar-refractivity contribution in [3.05, 3.63) is 75.4 Å². The van der Waals surface area contributed by atoms with Gasteiger partial charge in [-0.15, -0.1) is 0 Å². The number of fused-ring (bicyclic) bond motifs is 1. The van der Waals surface area contributed by atoms with Crippen LogP contribution in [0.15, 0.2) is 48.5 Å². The van der Waals surface area contributed by atoms with Crippen LogP contribution in [0.25, 0.3) is 16.9 Å². The van der Waals surface area contributed by atoms with Gasteiger partial charge in [-0.3, -0.25) is 0 Å². The number of carboxylic acids is 1. The van der Waals surface area contributed by atoms with Crippen molar-refractivity contribution in [2.45, 2.75) is 46.5 Å². The average Bonchev–Trinajstić information content (AvgIpc) is 3.14. The first-order valence-electron chi connectivity index (χ1n) is 10.7. The predicted molar refractivity (Wildman–Crippen MR) is 128 cm³/mol. The first-order valence-corrected chi connectivity index (χ1v) is 11.5. The van der Waals surface area contributed by atoms with E-state index in [-0.39, 0.29) is 11.0 Å². The highest BCUT2D eigenvalue weighted by atomic mass is 35.5. The third-order valence-corrected chi connectivity index (χ3v) is 7.71. The number of halogens is 2. The predicted octanol–water partition coefficient (Wildman–Crippen LogP) is 7.69. The lowest BCUT2D eigenvalue weighted by atomic mass is 9.69. The number of nitrogens with zero attached hydrogens (tertiary/aromatic N) is 1. The van der Waals surface area contributed by atoms with Crippen LogP contribution >= 0.6 is 23.2 Å². The van der Waals surface area contributed by atoms with Gasteiger partial charge >= 0.3 is 5.97 Å². The Morgan fingerprint density at radius 1 is 1.13 bits per heavy atom. The summed E-state index contributed by atoms with van der Waals surface area (Å²) in [6, 6.07) is 15.1. The Hall–Kier alpha value is -2.23. The molecule has 3 nitrogen and oxygen atoms in total. The van der Waals surface area contributed by atoms with Crippen LogP contribution in [0.5, 0.6) is 0 Å². The standard InChI is InChI=1S/C26H27Cl2NO2/c1-4-26(2,3)19-9-11-23-18(12-19)15-24(16-8-10-21(27)22(28)14-16)29(23)20-7-5-6-17(13-20)25(30)31/h5-8,10,13-15,19H,4,9,11-12H2,1-3H3,(H,30,31). The lowest BCUT2D eigenvalue weighted by Gasteiger charge is -2.36. The molecule has 1 atom stereocenters. The van der Waals surface area contributed by atoms with Gasteiger partial charge in [0.15, 0.2) is 0 Å². The molecule has 0 saturated carbocycles. The molecule has 1 aliphatic rings. The van der Waals surface area contributed by atoms with Crippen LogP contribution in [-0.2, 0) is 12.8 Å². The second-order valence-corrected chi connectivity index (χ2v) is 9.92. The fraction of sp³-hybridized carbons (Fsp3) is 0.346. The minimum atomic E-state index is -0.927. The van der Waals surface area contributed by atoms with Crippen LogP contribution in [0.3, 0.4) is 0 Å². The van der Waals surface area contributed by atoms with E-state index in [1.165, 1.54) is 11.3 Å². The number of hydrogen-bond acceptors (Lipinski definition) is 1. The summed E-state index contributed by atoms with van der Waals surface area (Å²) in [4.78, 5) is 11.6. The molecule has 5 heteroatoms. The molecule has 2 aromatic carbocycles. The molecule has 0 fully saturated rings. The summed E-state index contributed by atoms with van der Waals surface area (Å²) in [5.41, 5.74) is 5.99. The Balaban J connectivity index is 1.89. The number of aromatic carboxylic acids is 1. The SMILES string of the molecule is CCC(C)(C)C1CCc2c(cc(-c3ccc(Cl)c(Cl)c3)n2-c2cccc(C(=O)O)c2)C1. The largest absolute Gasteiger partial charge is 0.478 e. The van der Waals surface area contributed by atoms with E-state index >= 15 is 0 Å². The van der Waals surface area contributed by atoms with Crippen LogP contribution in [0.4, 0.5) is 0 Å². The zero-order valence-corrected chi connectivity index (χ0v) is 19.6. The van der Waals surface area contributed by atoms with Crippen molar-refractivity contribution in [2.75, 3.05) is 0 Å². The maximum absolute atomic E-state index is 11.6. The van der Waals surface area contributed by atoms with Gasteiger partial charge in [-0.25, -0.2) is 4.79 Å². The van der Waals surface area contributed by atoms with Gasteiger partial charge in [-0.1, -0.05) is 62.5 Å². The molecule has 1 aliphatic carbocycles. The number of benzene rings is 2. The van der Waals surface area contributed by atoms with Crippen LogP contribution in [-0.4, -0.2) is 15.6 Å². The molecule has 0 spiro atoms. The number of carbonyl (C=O) groups is 1. The summed E-state index contributed by atoms with van der Waals surface area (Å²) >= 11 is 12.5. The summed E-state index contributed by atoms with van der Waals surface area (Å²) in [5, 5.41) is 10.5. The summed E-state index contributed by atoms with van der Waals surface area (Å²) in [7, 11) is 0. The van der Waals surface area contributed by atoms with Gasteiger partial charge in [0.2, 0.25) is 0 Å². The van der Waals surface area contributed by atoms with Crippen LogP contribution in [0, 0.1) is 11.3 Å². The average molecular weight is 456 g/mol. The Labute approximate surface area is 193 Å². The van der Waals surface area contributed by atoms with Crippen LogP contribution in [0.2, 0.25) is 10.0 Å². The van der Waals surface area contributed by atoms with Crippen molar-refractivity contribution >= 4 is 29.2 Å². The van der Waals surface area contributed by atoms with E-state index in [0.29, 0.717) is 16.0 Å². The lowest BCUT2D eigenvalue weighted by molar-refractivity contribution is 0.0697. The van der Waals surface area contributed by atoms with Gasteiger partial charge < -0.3 is 9.67 Å². The van der Waals surface area contributed by atoms with Gasteiger partial charge in [0.25, 0.3) is 0 Å². The van der Waals surface area contributed by atoms with Gasteiger partial charge in [0.05, 0.1) is 21.3 Å². The van der Waals surface area contributed by atoms with E-state index in [1.807, 2.05) is 24.3 Å². The quantitative estimate of drug-likeness (QED) is 0.428. The molecule has 1 aromatic heterocycles. The first-order chi connectivity index (χ1) is 14.7. The summed E-state index contributed by atoms with van der Waals surface area (Å²) in [6.07, 6.45) is 4.25. The molecule has 31 heavy (non-hydrogen) atoms. The Kier molecular flexibility index (Phi) is 5.93. The van der Waals surface area contributed by atoms with Gasteiger partial charge in [0, 0.05) is 16.9 Å². The maximum Gasteiger partial charge on any atom is 0.335 e. The highest BCUT2D eigenvalue weighted by molar-refractivity contribution is 6.42. The molecule has 0 radical (unpaired) electrons. The van der Waals surface area contributed by atoms with Crippen LogP contribution < -0.4 is 0 Å². The third kappa shape index (κ3) is 4.14. The highest BCUT2D eigenvalue weighted by Crippen LogP contribution is 2.43. The molecular formula is C26H27Cl2NO2. The fourth-order valence-electron chi connectivity index (χ4n) is 4.63. The molecule has 1 unspecified atom stereocenters. The highest BCUT2D eigenvalue weighted by Gasteiger charge is 2.33. The van der Waals surface area contributed by atoms with Gasteiger partial charge in [0.1, 0.15) is 0 Å². The summed E-state index contributed by atoms with van der Waals surface area (Å²) in [5.74, 6) is -0.309. The third-order valence-electron chi connectivity index (χ3n) is 6.97. The van der Waals surface area contributed by atoms with E-state index in [4.69, 9.17) is 23.2 Å². The van der Waals surface area contributed by atoms with Gasteiger partial charge in [-0.05, 0) is 72.6 Å². The van der Waals surface area contributed by atoms with E-state index in [9.17, 15) is 9.90 Å². The van der Waals surface area contributed by atoms with Crippen molar-refractivity contribution in [1.29, 1.82) is 0 Å². The minimum Gasteiger partial charge on any atom is -0.478 e. The Morgan fingerprint density at radius 2 is 1.90 bits per heavy atom. The van der Waals surface area contributed by atoms with Crippen molar-refractivity contribution < 1.29 is 9.90 Å². The van der Waals surface area contributed by atoms with Crippen molar-refractivity contribution in [3.8, 4) is 16.9 Å². The molecule has 162 valence electrons. The first kappa shape index (κ1) is 22.0. The fourth-order valence-corrected chi connectivity index (χ4v) is 4.92. The number of carboxylic acid groups (broad SMARTS) is 1. The number of hydrogen-bond donors (Lipinski definition) is 1. The second-order valence-electron chi connectivity index (χ2n) is 9.10. The van der Waals surface area contributed by atoms with Crippen molar-refractivity contribution in [1.82, 2.24) is 4.57 Å². The smallest absolute Gasteiger partial charge is 0.335 e. The molecule has 1 heterocycles. The molecule has 0 amide bonds.